The van der Waals surface area contributed by atoms with Crippen molar-refractivity contribution in [1.29, 1.82) is 0 Å². The molecule has 1 aromatic carbocycles. The lowest BCUT2D eigenvalue weighted by atomic mass is 10.3. The van der Waals surface area contributed by atoms with Crippen molar-refractivity contribution >= 4 is 12.1 Å². The topological polar surface area (TPSA) is 32.3 Å². The van der Waals surface area contributed by atoms with Crippen LogP contribution in [0.3, 0.4) is 0 Å². The molecule has 0 aliphatic heterocycles. The molecule has 0 aromatic heterocycles. The highest BCUT2D eigenvalue weighted by Gasteiger charge is 1.98. The molecular formula is C8H9FN2O. The van der Waals surface area contributed by atoms with Gasteiger partial charge in [-0.2, -0.15) is 0 Å². The predicted molar refractivity (Wildman–Crippen MR) is 44.0 cm³/mol. The molecule has 3 nitrogen and oxygen atoms in total. The fourth-order valence-corrected chi connectivity index (χ4v) is 0.838. The number of hydrogen-bond donors (Lipinski definition) is 1. The molecule has 0 radical (unpaired) electrons. The molecule has 0 unspecified atom stereocenters. The van der Waals surface area contributed by atoms with Gasteiger partial charge in [-0.1, -0.05) is 6.07 Å². The normalized spacial score (nSPS) is 9.17. The van der Waals surface area contributed by atoms with E-state index in [1.165, 1.54) is 17.1 Å². The molecule has 1 aromatic rings. The Hall–Kier alpha value is -1.58. The van der Waals surface area contributed by atoms with Gasteiger partial charge in [-0.05, 0) is 18.2 Å². The van der Waals surface area contributed by atoms with Gasteiger partial charge >= 0.3 is 0 Å². The summed E-state index contributed by atoms with van der Waals surface area (Å²) in [5, 5.41) is 1.43. The van der Waals surface area contributed by atoms with E-state index >= 15 is 0 Å². The van der Waals surface area contributed by atoms with Crippen molar-refractivity contribution < 1.29 is 9.18 Å². The zero-order chi connectivity index (χ0) is 8.97. The SMILES string of the molecule is CN(NC=O)c1cccc(F)c1. The standard InChI is InChI=1S/C8H9FN2O/c1-11(10-6-12)8-4-2-3-7(9)5-8/h2-6H,1H3,(H,10,12). The average molecular weight is 168 g/mol. The lowest BCUT2D eigenvalue weighted by Gasteiger charge is -2.16. The molecule has 1 rings (SSSR count). The van der Waals surface area contributed by atoms with E-state index in [1.54, 1.807) is 19.2 Å². The molecule has 12 heavy (non-hydrogen) atoms. The third kappa shape index (κ3) is 1.95. The number of amides is 1. The maximum absolute atomic E-state index is 12.6. The second-order valence-corrected chi connectivity index (χ2v) is 2.29. The van der Waals surface area contributed by atoms with Crippen molar-refractivity contribution in [2.45, 2.75) is 0 Å². The predicted octanol–water partition coefficient (Wildman–Crippen LogP) is 0.923. The van der Waals surface area contributed by atoms with Crippen molar-refractivity contribution in [2.24, 2.45) is 0 Å². The first-order chi connectivity index (χ1) is 5.74. The Morgan fingerprint density at radius 3 is 2.92 bits per heavy atom. The van der Waals surface area contributed by atoms with Crippen LogP contribution < -0.4 is 10.4 Å². The number of carbonyl (C=O) groups is 1. The van der Waals surface area contributed by atoms with Gasteiger partial charge in [0.1, 0.15) is 5.82 Å². The minimum Gasteiger partial charge on any atom is -0.289 e. The average Bonchev–Trinajstić information content (AvgIpc) is 2.05. The minimum absolute atomic E-state index is 0.327. The summed E-state index contributed by atoms with van der Waals surface area (Å²) in [5.41, 5.74) is 2.97. The van der Waals surface area contributed by atoms with Crippen LogP contribution in [0, 0.1) is 5.82 Å². The Kier molecular flexibility index (Phi) is 2.63. The van der Waals surface area contributed by atoms with Crippen LogP contribution in [-0.4, -0.2) is 13.5 Å². The fourth-order valence-electron chi connectivity index (χ4n) is 0.838. The number of halogens is 1. The van der Waals surface area contributed by atoms with E-state index in [0.29, 0.717) is 12.1 Å². The molecule has 0 saturated carbocycles. The number of hydrazine groups is 1. The number of hydrogen-bond acceptors (Lipinski definition) is 2. The largest absolute Gasteiger partial charge is 0.289 e. The molecule has 1 N–H and O–H groups in total. The zero-order valence-electron chi connectivity index (χ0n) is 6.62. The Morgan fingerprint density at radius 2 is 2.33 bits per heavy atom. The lowest BCUT2D eigenvalue weighted by molar-refractivity contribution is -0.109. The van der Waals surface area contributed by atoms with E-state index < -0.39 is 0 Å². The second kappa shape index (κ2) is 3.71. The van der Waals surface area contributed by atoms with Crippen molar-refractivity contribution in [3.63, 3.8) is 0 Å². The van der Waals surface area contributed by atoms with Gasteiger partial charge in [-0.25, -0.2) is 4.39 Å². The lowest BCUT2D eigenvalue weighted by Crippen LogP contribution is -2.32. The smallest absolute Gasteiger partial charge is 0.225 e. The van der Waals surface area contributed by atoms with Gasteiger partial charge in [0.15, 0.2) is 0 Å². The maximum atomic E-state index is 12.6. The summed E-state index contributed by atoms with van der Waals surface area (Å²) in [6, 6.07) is 5.95. The van der Waals surface area contributed by atoms with Crippen LogP contribution in [0.5, 0.6) is 0 Å². The van der Waals surface area contributed by atoms with Gasteiger partial charge < -0.3 is 0 Å². The second-order valence-electron chi connectivity index (χ2n) is 2.29. The van der Waals surface area contributed by atoms with Crippen LogP contribution in [0.25, 0.3) is 0 Å². The molecule has 0 bridgehead atoms. The van der Waals surface area contributed by atoms with Crippen molar-refractivity contribution in [1.82, 2.24) is 5.43 Å². The maximum Gasteiger partial charge on any atom is 0.225 e. The molecular weight excluding hydrogens is 159 g/mol. The summed E-state index contributed by atoms with van der Waals surface area (Å²) in [4.78, 5) is 10.0. The molecule has 0 saturated heterocycles. The molecule has 64 valence electrons. The van der Waals surface area contributed by atoms with Crippen LogP contribution in [0.4, 0.5) is 10.1 Å². The van der Waals surface area contributed by atoms with E-state index in [1.807, 2.05) is 0 Å². The first-order valence-corrected chi connectivity index (χ1v) is 3.43. The molecule has 0 atom stereocenters. The summed E-state index contributed by atoms with van der Waals surface area (Å²) in [6.07, 6.45) is 0.533. The van der Waals surface area contributed by atoms with E-state index in [-0.39, 0.29) is 5.82 Å². The summed E-state index contributed by atoms with van der Waals surface area (Å²) >= 11 is 0. The Morgan fingerprint density at radius 1 is 1.58 bits per heavy atom. The first kappa shape index (κ1) is 8.52. The van der Waals surface area contributed by atoms with Gasteiger partial charge in [0, 0.05) is 7.05 Å². The van der Waals surface area contributed by atoms with Gasteiger partial charge in [0.2, 0.25) is 6.41 Å². The van der Waals surface area contributed by atoms with Gasteiger partial charge in [0.25, 0.3) is 0 Å². The van der Waals surface area contributed by atoms with Gasteiger partial charge in [-0.15, -0.1) is 0 Å². The number of benzene rings is 1. The molecule has 0 heterocycles. The highest BCUT2D eigenvalue weighted by Crippen LogP contribution is 2.11. The van der Waals surface area contributed by atoms with Crippen LogP contribution in [0.2, 0.25) is 0 Å². The molecule has 0 aliphatic rings. The number of nitrogens with zero attached hydrogens (tertiary/aromatic N) is 1. The van der Waals surface area contributed by atoms with Crippen LogP contribution in [0.15, 0.2) is 24.3 Å². The van der Waals surface area contributed by atoms with E-state index in [4.69, 9.17) is 0 Å². The third-order valence-electron chi connectivity index (χ3n) is 1.44. The van der Waals surface area contributed by atoms with Crippen molar-refractivity contribution in [2.75, 3.05) is 12.1 Å². The number of rotatable bonds is 3. The fraction of sp³-hybridized carbons (Fsp3) is 0.125. The van der Waals surface area contributed by atoms with E-state index in [2.05, 4.69) is 5.43 Å². The van der Waals surface area contributed by atoms with Crippen LogP contribution in [-0.2, 0) is 4.79 Å². The number of nitrogens with one attached hydrogen (secondary N) is 1. The van der Waals surface area contributed by atoms with Gasteiger partial charge in [0.05, 0.1) is 5.69 Å². The van der Waals surface area contributed by atoms with Crippen molar-refractivity contribution in [3.05, 3.63) is 30.1 Å². The third-order valence-corrected chi connectivity index (χ3v) is 1.44. The summed E-state index contributed by atoms with van der Waals surface area (Å²) in [7, 11) is 1.63. The quantitative estimate of drug-likeness (QED) is 0.537. The van der Waals surface area contributed by atoms with Crippen molar-refractivity contribution in [3.8, 4) is 0 Å². The highest BCUT2D eigenvalue weighted by atomic mass is 19.1. The molecule has 0 fully saturated rings. The Balaban J connectivity index is 2.80. The van der Waals surface area contributed by atoms with E-state index in [9.17, 15) is 9.18 Å². The summed E-state index contributed by atoms with van der Waals surface area (Å²) in [5.74, 6) is -0.327. The summed E-state index contributed by atoms with van der Waals surface area (Å²) < 4.78 is 12.6. The monoisotopic (exact) mass is 168 g/mol. The highest BCUT2D eigenvalue weighted by molar-refractivity contribution is 5.54. The minimum atomic E-state index is -0.327. The summed E-state index contributed by atoms with van der Waals surface area (Å²) in [6.45, 7) is 0. The van der Waals surface area contributed by atoms with E-state index in [0.717, 1.165) is 0 Å². The van der Waals surface area contributed by atoms with Crippen LogP contribution >= 0.6 is 0 Å². The zero-order valence-corrected chi connectivity index (χ0v) is 6.62. The Labute approximate surface area is 69.8 Å². The molecule has 0 spiro atoms. The van der Waals surface area contributed by atoms with Crippen LogP contribution in [0.1, 0.15) is 0 Å². The molecule has 4 heteroatoms. The molecule has 0 aliphatic carbocycles. The Bertz CT molecular complexity index is 278. The molecule has 1 amide bonds. The number of anilines is 1. The number of carbonyl (C=O) groups excluding carboxylic acids is 1. The van der Waals surface area contributed by atoms with Gasteiger partial charge in [-0.3, -0.25) is 15.2 Å². The first-order valence-electron chi connectivity index (χ1n) is 3.43.